The highest BCUT2D eigenvalue weighted by molar-refractivity contribution is 5.34. The summed E-state index contributed by atoms with van der Waals surface area (Å²) in [7, 11) is 0. The molecule has 1 aliphatic rings. The number of halogens is 1. The molecular formula is C11H13FO2. The number of ether oxygens (including phenoxy) is 1. The van der Waals surface area contributed by atoms with Gasteiger partial charge in [-0.2, -0.15) is 0 Å². The van der Waals surface area contributed by atoms with E-state index in [1.165, 1.54) is 18.9 Å². The first kappa shape index (κ1) is 9.46. The van der Waals surface area contributed by atoms with Gasteiger partial charge in [-0.3, -0.25) is 0 Å². The van der Waals surface area contributed by atoms with Crippen molar-refractivity contribution >= 4 is 0 Å². The van der Waals surface area contributed by atoms with Crippen molar-refractivity contribution in [2.75, 3.05) is 6.61 Å². The normalized spacial score (nSPS) is 15.6. The Hall–Kier alpha value is -1.09. The predicted molar refractivity (Wildman–Crippen MR) is 50.5 cm³/mol. The maximum absolute atomic E-state index is 13.2. The molecule has 0 atom stereocenters. The van der Waals surface area contributed by atoms with Crippen LogP contribution in [-0.4, -0.2) is 11.7 Å². The zero-order chi connectivity index (χ0) is 9.97. The minimum Gasteiger partial charge on any atom is -0.493 e. The molecule has 0 heterocycles. The zero-order valence-electron chi connectivity index (χ0n) is 7.87. The lowest BCUT2D eigenvalue weighted by Gasteiger charge is -2.09. The van der Waals surface area contributed by atoms with Gasteiger partial charge >= 0.3 is 0 Å². The Kier molecular flexibility index (Phi) is 2.68. The maximum atomic E-state index is 13.2. The summed E-state index contributed by atoms with van der Waals surface area (Å²) in [5.74, 6) is 0.699. The summed E-state index contributed by atoms with van der Waals surface area (Å²) in [6.07, 6.45) is 2.40. The highest BCUT2D eigenvalue weighted by Crippen LogP contribution is 2.30. The molecule has 1 aliphatic carbocycles. The van der Waals surface area contributed by atoms with Gasteiger partial charge in [0, 0.05) is 0 Å². The van der Waals surface area contributed by atoms with Crippen LogP contribution in [0.1, 0.15) is 18.4 Å². The van der Waals surface area contributed by atoms with Gasteiger partial charge in [-0.05, 0) is 30.9 Å². The van der Waals surface area contributed by atoms with Crippen molar-refractivity contribution in [1.29, 1.82) is 0 Å². The average Bonchev–Trinajstić information content (AvgIpc) is 2.98. The van der Waals surface area contributed by atoms with Crippen molar-refractivity contribution in [2.24, 2.45) is 5.92 Å². The molecule has 2 nitrogen and oxygen atoms in total. The van der Waals surface area contributed by atoms with Crippen molar-refractivity contribution < 1.29 is 14.2 Å². The number of hydrogen-bond donors (Lipinski definition) is 1. The second kappa shape index (κ2) is 3.96. The predicted octanol–water partition coefficient (Wildman–Crippen LogP) is 2.11. The molecule has 0 aliphatic heterocycles. The van der Waals surface area contributed by atoms with Gasteiger partial charge in [0.15, 0.2) is 0 Å². The van der Waals surface area contributed by atoms with Gasteiger partial charge in [0.1, 0.15) is 11.6 Å². The van der Waals surface area contributed by atoms with Crippen molar-refractivity contribution in [3.63, 3.8) is 0 Å². The summed E-state index contributed by atoms with van der Waals surface area (Å²) in [5, 5.41) is 8.96. The zero-order valence-corrected chi connectivity index (χ0v) is 7.87. The minimum atomic E-state index is -0.402. The molecule has 0 amide bonds. The highest BCUT2D eigenvalue weighted by atomic mass is 19.1. The van der Waals surface area contributed by atoms with Crippen LogP contribution in [0.3, 0.4) is 0 Å². The van der Waals surface area contributed by atoms with Crippen LogP contribution in [0, 0.1) is 11.7 Å². The smallest absolute Gasteiger partial charge is 0.132 e. The molecule has 2 rings (SSSR count). The van der Waals surface area contributed by atoms with Crippen LogP contribution < -0.4 is 4.74 Å². The molecule has 14 heavy (non-hydrogen) atoms. The van der Waals surface area contributed by atoms with Crippen LogP contribution in [0.2, 0.25) is 0 Å². The fourth-order valence-corrected chi connectivity index (χ4v) is 1.32. The first-order valence-corrected chi connectivity index (χ1v) is 4.82. The Morgan fingerprint density at radius 3 is 2.86 bits per heavy atom. The first-order chi connectivity index (χ1) is 6.81. The molecular weight excluding hydrogens is 183 g/mol. The number of rotatable bonds is 4. The molecule has 0 saturated heterocycles. The summed E-state index contributed by atoms with van der Waals surface area (Å²) < 4.78 is 18.6. The Labute approximate surface area is 82.3 Å². The van der Waals surface area contributed by atoms with E-state index in [-0.39, 0.29) is 12.2 Å². The lowest BCUT2D eigenvalue weighted by molar-refractivity contribution is 0.251. The Morgan fingerprint density at radius 2 is 2.21 bits per heavy atom. The summed E-state index contributed by atoms with van der Waals surface area (Å²) in [6.45, 7) is 0.323. The molecule has 1 N–H and O–H groups in total. The second-order valence-corrected chi connectivity index (χ2v) is 3.63. The molecule has 0 bridgehead atoms. The van der Waals surface area contributed by atoms with Crippen LogP contribution in [0.5, 0.6) is 5.75 Å². The molecule has 1 fully saturated rings. The van der Waals surface area contributed by atoms with Crippen LogP contribution in [0.25, 0.3) is 0 Å². The fourth-order valence-electron chi connectivity index (χ4n) is 1.32. The van der Waals surface area contributed by atoms with E-state index in [2.05, 4.69) is 0 Å². The van der Waals surface area contributed by atoms with Crippen LogP contribution in [0.4, 0.5) is 4.39 Å². The van der Waals surface area contributed by atoms with Crippen LogP contribution in [-0.2, 0) is 6.61 Å². The monoisotopic (exact) mass is 196 g/mol. The van der Waals surface area contributed by atoms with Gasteiger partial charge in [0.05, 0.1) is 18.8 Å². The average molecular weight is 196 g/mol. The third-order valence-electron chi connectivity index (χ3n) is 2.41. The number of hydrogen-bond acceptors (Lipinski definition) is 2. The minimum absolute atomic E-state index is 0.258. The maximum Gasteiger partial charge on any atom is 0.132 e. The van der Waals surface area contributed by atoms with Gasteiger partial charge < -0.3 is 9.84 Å². The second-order valence-electron chi connectivity index (χ2n) is 3.63. The fraction of sp³-hybridized carbons (Fsp3) is 0.455. The molecule has 0 aromatic heterocycles. The van der Waals surface area contributed by atoms with Crippen LogP contribution in [0.15, 0.2) is 18.2 Å². The summed E-state index contributed by atoms with van der Waals surface area (Å²) in [4.78, 5) is 0. The van der Waals surface area contributed by atoms with E-state index in [0.29, 0.717) is 18.3 Å². The molecule has 1 saturated carbocycles. The molecule has 3 heteroatoms. The van der Waals surface area contributed by atoms with E-state index >= 15 is 0 Å². The number of aliphatic hydroxyl groups excluding tert-OH is 1. The first-order valence-electron chi connectivity index (χ1n) is 4.82. The lowest BCUT2D eigenvalue weighted by atomic mass is 10.2. The standard InChI is InChI=1S/C11H13FO2/c12-10-2-1-3-11(9(10)6-13)14-7-8-4-5-8/h1-3,8,13H,4-7H2. The summed E-state index contributed by atoms with van der Waals surface area (Å²) in [5.41, 5.74) is 0.258. The van der Waals surface area contributed by atoms with Gasteiger partial charge in [-0.25, -0.2) is 4.39 Å². The Bertz CT molecular complexity index is 321. The van der Waals surface area contributed by atoms with Gasteiger partial charge in [-0.15, -0.1) is 0 Å². The SMILES string of the molecule is OCc1c(F)cccc1OCC1CC1. The molecule has 0 spiro atoms. The van der Waals surface area contributed by atoms with E-state index in [4.69, 9.17) is 9.84 Å². The third kappa shape index (κ3) is 2.04. The van der Waals surface area contributed by atoms with E-state index in [0.717, 1.165) is 0 Å². The molecule has 0 radical (unpaired) electrons. The van der Waals surface area contributed by atoms with E-state index in [1.54, 1.807) is 12.1 Å². The summed E-state index contributed by atoms with van der Waals surface area (Å²) >= 11 is 0. The van der Waals surface area contributed by atoms with Crippen LogP contribution >= 0.6 is 0 Å². The Morgan fingerprint density at radius 1 is 1.43 bits per heavy atom. The molecule has 0 unspecified atom stereocenters. The third-order valence-corrected chi connectivity index (χ3v) is 2.41. The number of aliphatic hydroxyl groups is 1. The van der Waals surface area contributed by atoms with E-state index in [9.17, 15) is 4.39 Å². The van der Waals surface area contributed by atoms with Gasteiger partial charge in [-0.1, -0.05) is 6.07 Å². The Balaban J connectivity index is 2.09. The molecule has 76 valence electrons. The van der Waals surface area contributed by atoms with Crippen molar-refractivity contribution in [2.45, 2.75) is 19.4 Å². The van der Waals surface area contributed by atoms with Gasteiger partial charge in [0.25, 0.3) is 0 Å². The molecule has 1 aromatic rings. The lowest BCUT2D eigenvalue weighted by Crippen LogP contribution is -2.03. The van der Waals surface area contributed by atoms with E-state index in [1.807, 2.05) is 0 Å². The van der Waals surface area contributed by atoms with Crippen molar-refractivity contribution in [3.8, 4) is 5.75 Å². The van der Waals surface area contributed by atoms with E-state index < -0.39 is 5.82 Å². The summed E-state index contributed by atoms with van der Waals surface area (Å²) in [6, 6.07) is 4.61. The van der Waals surface area contributed by atoms with Gasteiger partial charge in [0.2, 0.25) is 0 Å². The highest BCUT2D eigenvalue weighted by Gasteiger charge is 2.22. The molecule has 1 aromatic carbocycles. The quantitative estimate of drug-likeness (QED) is 0.799. The van der Waals surface area contributed by atoms with Crippen molar-refractivity contribution in [1.82, 2.24) is 0 Å². The topological polar surface area (TPSA) is 29.5 Å². The number of benzene rings is 1. The van der Waals surface area contributed by atoms with Crippen molar-refractivity contribution in [3.05, 3.63) is 29.6 Å². The largest absolute Gasteiger partial charge is 0.493 e.